The number of pyridine rings is 2. The van der Waals surface area contributed by atoms with Crippen molar-refractivity contribution >= 4 is 16.9 Å². The van der Waals surface area contributed by atoms with Crippen LogP contribution in [0.5, 0.6) is 0 Å². The van der Waals surface area contributed by atoms with Crippen molar-refractivity contribution in [2.45, 2.75) is 31.7 Å². The molecule has 1 fully saturated rings. The average molecular weight is 279 g/mol. The van der Waals surface area contributed by atoms with Gasteiger partial charge in [-0.3, -0.25) is 0 Å². The lowest BCUT2D eigenvalue weighted by Gasteiger charge is -2.12. The molecule has 21 heavy (non-hydrogen) atoms. The van der Waals surface area contributed by atoms with Gasteiger partial charge in [-0.2, -0.15) is 5.10 Å². The smallest absolute Gasteiger partial charge is 0.162 e. The number of aromatic nitrogens is 4. The number of nitrogens with zero attached hydrogens (tertiary/aromatic N) is 4. The van der Waals surface area contributed by atoms with E-state index in [1.807, 2.05) is 41.3 Å². The highest BCUT2D eigenvalue weighted by atomic mass is 15.3. The van der Waals surface area contributed by atoms with Crippen LogP contribution in [0.2, 0.25) is 0 Å². The topological polar surface area (TPSA) is 55.6 Å². The van der Waals surface area contributed by atoms with E-state index in [-0.39, 0.29) is 0 Å². The van der Waals surface area contributed by atoms with Gasteiger partial charge in [0, 0.05) is 17.6 Å². The number of hydrogen-bond acceptors (Lipinski definition) is 4. The van der Waals surface area contributed by atoms with Gasteiger partial charge >= 0.3 is 0 Å². The van der Waals surface area contributed by atoms with Crippen molar-refractivity contribution in [1.29, 1.82) is 0 Å². The Morgan fingerprint density at radius 1 is 1.05 bits per heavy atom. The number of anilines is 1. The summed E-state index contributed by atoms with van der Waals surface area (Å²) in [6, 6.07) is 8.56. The zero-order valence-corrected chi connectivity index (χ0v) is 11.7. The molecule has 1 N–H and O–H groups in total. The predicted octanol–water partition coefficient (Wildman–Crippen LogP) is 3.17. The van der Waals surface area contributed by atoms with E-state index < -0.39 is 0 Å². The van der Waals surface area contributed by atoms with Crippen molar-refractivity contribution in [2.24, 2.45) is 0 Å². The summed E-state index contributed by atoms with van der Waals surface area (Å²) in [5.41, 5.74) is 1.79. The van der Waals surface area contributed by atoms with Crippen molar-refractivity contribution in [1.82, 2.24) is 19.7 Å². The molecule has 0 saturated heterocycles. The van der Waals surface area contributed by atoms with Crippen LogP contribution in [0.25, 0.3) is 16.7 Å². The molecular weight excluding hydrogens is 262 g/mol. The molecule has 0 bridgehead atoms. The highest BCUT2D eigenvalue weighted by Gasteiger charge is 2.15. The molecule has 0 aliphatic heterocycles. The molecule has 5 heteroatoms. The number of rotatable bonds is 3. The molecule has 106 valence electrons. The lowest BCUT2D eigenvalue weighted by molar-refractivity contribution is 0.750. The molecule has 0 unspecified atom stereocenters. The Morgan fingerprint density at radius 2 is 1.95 bits per heavy atom. The van der Waals surface area contributed by atoms with E-state index in [2.05, 4.69) is 20.4 Å². The Kier molecular flexibility index (Phi) is 3.03. The number of nitrogens with one attached hydrogen (secondary N) is 1. The molecule has 1 aliphatic rings. The van der Waals surface area contributed by atoms with Gasteiger partial charge in [-0.15, -0.1) is 0 Å². The van der Waals surface area contributed by atoms with Gasteiger partial charge < -0.3 is 5.32 Å². The zero-order chi connectivity index (χ0) is 14.1. The van der Waals surface area contributed by atoms with Crippen LogP contribution >= 0.6 is 0 Å². The van der Waals surface area contributed by atoms with Crippen LogP contribution in [0.3, 0.4) is 0 Å². The first kappa shape index (κ1) is 12.3. The average Bonchev–Trinajstić information content (AvgIpc) is 3.17. The summed E-state index contributed by atoms with van der Waals surface area (Å²) in [6.07, 6.45) is 10.6. The van der Waals surface area contributed by atoms with E-state index in [9.17, 15) is 0 Å². The Labute approximate surface area is 123 Å². The monoisotopic (exact) mass is 279 g/mol. The van der Waals surface area contributed by atoms with Crippen LogP contribution in [-0.2, 0) is 0 Å². The largest absolute Gasteiger partial charge is 0.367 e. The third kappa shape index (κ3) is 2.35. The van der Waals surface area contributed by atoms with Gasteiger partial charge in [-0.1, -0.05) is 12.8 Å². The first-order chi connectivity index (χ1) is 10.4. The van der Waals surface area contributed by atoms with E-state index in [4.69, 9.17) is 0 Å². The second-order valence-electron chi connectivity index (χ2n) is 5.50. The van der Waals surface area contributed by atoms with Crippen LogP contribution < -0.4 is 5.32 Å². The lowest BCUT2D eigenvalue weighted by Crippen LogP contribution is -2.15. The molecule has 3 aromatic rings. The standard InChI is InChI=1S/C16H17N5/c1-2-6-13(5-1)20-15-8-7-14(11-18-15)21-16-12(10-19-21)4-3-9-17-16/h3-4,7-11,13H,1-2,5-6H2,(H,18,20). The highest BCUT2D eigenvalue weighted by Crippen LogP contribution is 2.22. The second-order valence-corrected chi connectivity index (χ2v) is 5.50. The minimum Gasteiger partial charge on any atom is -0.367 e. The first-order valence-corrected chi connectivity index (χ1v) is 7.42. The molecule has 1 aliphatic carbocycles. The quantitative estimate of drug-likeness (QED) is 0.800. The van der Waals surface area contributed by atoms with E-state index in [1.54, 1.807) is 6.20 Å². The summed E-state index contributed by atoms with van der Waals surface area (Å²) in [5, 5.41) is 8.92. The fourth-order valence-corrected chi connectivity index (χ4v) is 2.93. The number of fused-ring (bicyclic) bond motifs is 1. The molecule has 0 amide bonds. The maximum Gasteiger partial charge on any atom is 0.162 e. The van der Waals surface area contributed by atoms with Crippen molar-refractivity contribution in [3.05, 3.63) is 42.9 Å². The molecule has 0 spiro atoms. The fraction of sp³-hybridized carbons (Fsp3) is 0.312. The summed E-state index contributed by atoms with van der Waals surface area (Å²) < 4.78 is 1.82. The van der Waals surface area contributed by atoms with Crippen molar-refractivity contribution < 1.29 is 0 Å². The van der Waals surface area contributed by atoms with Crippen molar-refractivity contribution in [2.75, 3.05) is 5.32 Å². The second kappa shape index (κ2) is 5.16. The van der Waals surface area contributed by atoms with Gasteiger partial charge in [0.1, 0.15) is 5.82 Å². The van der Waals surface area contributed by atoms with Gasteiger partial charge in [-0.25, -0.2) is 14.6 Å². The SMILES string of the molecule is c1cnc2c(c1)cnn2-c1ccc(NC2CCCC2)nc1. The first-order valence-electron chi connectivity index (χ1n) is 7.42. The summed E-state index contributed by atoms with van der Waals surface area (Å²) >= 11 is 0. The van der Waals surface area contributed by atoms with E-state index >= 15 is 0 Å². The molecule has 0 atom stereocenters. The normalized spacial score (nSPS) is 15.6. The molecule has 3 heterocycles. The predicted molar refractivity (Wildman–Crippen MR) is 82.5 cm³/mol. The lowest BCUT2D eigenvalue weighted by atomic mass is 10.2. The third-order valence-electron chi connectivity index (χ3n) is 4.03. The minimum atomic E-state index is 0.579. The maximum atomic E-state index is 4.51. The third-order valence-corrected chi connectivity index (χ3v) is 4.03. The molecule has 4 rings (SSSR count). The highest BCUT2D eigenvalue weighted by molar-refractivity contribution is 5.75. The minimum absolute atomic E-state index is 0.579. The Bertz CT molecular complexity index is 741. The molecular formula is C16H17N5. The summed E-state index contributed by atoms with van der Waals surface area (Å²) in [4.78, 5) is 8.89. The summed E-state index contributed by atoms with van der Waals surface area (Å²) in [7, 11) is 0. The van der Waals surface area contributed by atoms with Crippen LogP contribution in [0.15, 0.2) is 42.9 Å². The van der Waals surface area contributed by atoms with Crippen molar-refractivity contribution in [3.63, 3.8) is 0 Å². The van der Waals surface area contributed by atoms with Gasteiger partial charge in [-0.05, 0) is 37.1 Å². The van der Waals surface area contributed by atoms with Gasteiger partial charge in [0.25, 0.3) is 0 Å². The summed E-state index contributed by atoms with van der Waals surface area (Å²) in [5.74, 6) is 0.940. The van der Waals surface area contributed by atoms with Crippen LogP contribution in [0, 0.1) is 0 Å². The molecule has 0 aromatic carbocycles. The van der Waals surface area contributed by atoms with E-state index in [0.717, 1.165) is 22.5 Å². The molecule has 3 aromatic heterocycles. The van der Waals surface area contributed by atoms with E-state index in [1.165, 1.54) is 25.7 Å². The van der Waals surface area contributed by atoms with Gasteiger partial charge in [0.05, 0.1) is 18.1 Å². The maximum absolute atomic E-state index is 4.51. The molecule has 5 nitrogen and oxygen atoms in total. The Hall–Kier alpha value is -2.43. The van der Waals surface area contributed by atoms with Crippen LogP contribution in [-0.4, -0.2) is 25.8 Å². The molecule has 1 saturated carbocycles. The number of hydrogen-bond donors (Lipinski definition) is 1. The fourth-order valence-electron chi connectivity index (χ4n) is 2.93. The summed E-state index contributed by atoms with van der Waals surface area (Å²) in [6.45, 7) is 0. The van der Waals surface area contributed by atoms with Crippen LogP contribution in [0.1, 0.15) is 25.7 Å². The van der Waals surface area contributed by atoms with Gasteiger partial charge in [0.15, 0.2) is 5.65 Å². The van der Waals surface area contributed by atoms with Crippen molar-refractivity contribution in [3.8, 4) is 5.69 Å². The van der Waals surface area contributed by atoms with Crippen LogP contribution in [0.4, 0.5) is 5.82 Å². The van der Waals surface area contributed by atoms with Gasteiger partial charge in [0.2, 0.25) is 0 Å². The van der Waals surface area contributed by atoms with E-state index in [0.29, 0.717) is 6.04 Å². The molecule has 0 radical (unpaired) electrons. The Morgan fingerprint density at radius 3 is 2.76 bits per heavy atom. The zero-order valence-electron chi connectivity index (χ0n) is 11.7. The Balaban J connectivity index is 1.61.